The summed E-state index contributed by atoms with van der Waals surface area (Å²) in [6, 6.07) is 18.2. The van der Waals surface area contributed by atoms with Gasteiger partial charge in [0.15, 0.2) is 12.2 Å². The van der Waals surface area contributed by atoms with Gasteiger partial charge in [-0.05, 0) is 23.3 Å². The molecule has 25 heavy (non-hydrogen) atoms. The van der Waals surface area contributed by atoms with Crippen molar-refractivity contribution in [2.75, 3.05) is 14.2 Å². The van der Waals surface area contributed by atoms with Gasteiger partial charge in [-0.15, -0.1) is 0 Å². The summed E-state index contributed by atoms with van der Waals surface area (Å²) in [5, 5.41) is 0. The number of imidazole rings is 1. The number of nitrogens with zero attached hydrogens (tertiary/aromatic N) is 3. The maximum Gasteiger partial charge on any atom is 0.175 e. The molecule has 0 atom stereocenters. The van der Waals surface area contributed by atoms with Crippen molar-refractivity contribution in [1.82, 2.24) is 9.55 Å². The lowest BCUT2D eigenvalue weighted by Crippen LogP contribution is -1.98. The molecule has 3 rings (SSSR count). The highest BCUT2D eigenvalue weighted by atomic mass is 16.5. The second-order valence-electron chi connectivity index (χ2n) is 5.62. The fourth-order valence-electron chi connectivity index (χ4n) is 2.63. The molecule has 0 saturated carbocycles. The van der Waals surface area contributed by atoms with Crippen LogP contribution in [0.5, 0.6) is 5.75 Å². The van der Waals surface area contributed by atoms with E-state index in [1.54, 1.807) is 14.2 Å². The zero-order chi connectivity index (χ0) is 17.5. The molecule has 0 N–H and O–H groups in total. The first kappa shape index (κ1) is 16.8. The molecule has 1 aromatic heterocycles. The Bertz CT molecular complexity index is 824. The summed E-state index contributed by atoms with van der Waals surface area (Å²) >= 11 is 0. The number of hydrogen-bond donors (Lipinski definition) is 0. The highest BCUT2D eigenvalue weighted by molar-refractivity contribution is 5.55. The van der Waals surface area contributed by atoms with E-state index in [-0.39, 0.29) is 0 Å². The molecule has 5 nitrogen and oxygen atoms in total. The number of benzene rings is 2. The Morgan fingerprint density at radius 2 is 1.76 bits per heavy atom. The fourth-order valence-corrected chi connectivity index (χ4v) is 2.63. The van der Waals surface area contributed by atoms with Gasteiger partial charge in [0.05, 0.1) is 32.8 Å². The van der Waals surface area contributed by atoms with Crippen molar-refractivity contribution in [2.24, 2.45) is 4.99 Å². The monoisotopic (exact) mass is 335 g/mol. The standard InChI is InChI=1S/C20H21N3O2/c1-24-15-22-20-19(12-16-8-10-18(25-2)11-9-16)21-14-23(20)13-17-6-4-3-5-7-17/h3-11,14-15H,12-13H2,1-2H3/b22-15+. The van der Waals surface area contributed by atoms with Crippen LogP contribution >= 0.6 is 0 Å². The molecule has 0 bridgehead atoms. The van der Waals surface area contributed by atoms with Crippen molar-refractivity contribution in [3.63, 3.8) is 0 Å². The predicted octanol–water partition coefficient (Wildman–Crippen LogP) is 3.84. The quantitative estimate of drug-likeness (QED) is 0.487. The first-order chi connectivity index (χ1) is 12.3. The van der Waals surface area contributed by atoms with E-state index in [2.05, 4.69) is 22.1 Å². The van der Waals surface area contributed by atoms with E-state index in [0.717, 1.165) is 22.8 Å². The zero-order valence-corrected chi connectivity index (χ0v) is 14.4. The molecule has 0 aliphatic rings. The van der Waals surface area contributed by atoms with Crippen LogP contribution in [0, 0.1) is 0 Å². The second kappa shape index (κ2) is 8.15. The molecule has 0 aliphatic heterocycles. The summed E-state index contributed by atoms with van der Waals surface area (Å²) in [7, 11) is 3.25. The third-order valence-electron chi connectivity index (χ3n) is 3.89. The van der Waals surface area contributed by atoms with Crippen LogP contribution in [-0.2, 0) is 17.7 Å². The lowest BCUT2D eigenvalue weighted by Gasteiger charge is -2.07. The lowest BCUT2D eigenvalue weighted by atomic mass is 10.1. The van der Waals surface area contributed by atoms with E-state index < -0.39 is 0 Å². The van der Waals surface area contributed by atoms with Crippen molar-refractivity contribution < 1.29 is 9.47 Å². The van der Waals surface area contributed by atoms with Crippen molar-refractivity contribution >= 4 is 12.2 Å². The van der Waals surface area contributed by atoms with Crippen LogP contribution in [-0.4, -0.2) is 30.2 Å². The van der Waals surface area contributed by atoms with E-state index in [4.69, 9.17) is 9.47 Å². The Balaban J connectivity index is 1.86. The van der Waals surface area contributed by atoms with Crippen LogP contribution in [0.3, 0.4) is 0 Å². The number of aliphatic imine (C=N–C) groups is 1. The number of rotatable bonds is 7. The van der Waals surface area contributed by atoms with Crippen molar-refractivity contribution in [3.8, 4) is 5.75 Å². The second-order valence-corrected chi connectivity index (χ2v) is 5.62. The van der Waals surface area contributed by atoms with Crippen LogP contribution in [0.2, 0.25) is 0 Å². The van der Waals surface area contributed by atoms with Crippen LogP contribution in [0.4, 0.5) is 5.82 Å². The van der Waals surface area contributed by atoms with Gasteiger partial charge in [0.25, 0.3) is 0 Å². The van der Waals surface area contributed by atoms with Gasteiger partial charge in [0.2, 0.25) is 0 Å². The molecule has 0 spiro atoms. The summed E-state index contributed by atoms with van der Waals surface area (Å²) in [6.07, 6.45) is 3.96. The molecule has 0 radical (unpaired) electrons. The SMILES string of the molecule is CO/C=N/c1c(Cc2ccc(OC)cc2)ncn1Cc1ccccc1. The van der Waals surface area contributed by atoms with Gasteiger partial charge in [-0.2, -0.15) is 0 Å². The molecule has 0 aliphatic carbocycles. The van der Waals surface area contributed by atoms with Gasteiger partial charge in [-0.25, -0.2) is 9.98 Å². The molecule has 0 saturated heterocycles. The normalized spacial score (nSPS) is 11.0. The van der Waals surface area contributed by atoms with E-state index in [1.807, 2.05) is 53.4 Å². The van der Waals surface area contributed by atoms with Crippen LogP contribution < -0.4 is 4.74 Å². The topological polar surface area (TPSA) is 48.6 Å². The minimum absolute atomic E-state index is 0.697. The highest BCUT2D eigenvalue weighted by Gasteiger charge is 2.11. The van der Waals surface area contributed by atoms with E-state index in [9.17, 15) is 0 Å². The molecular weight excluding hydrogens is 314 g/mol. The molecule has 0 unspecified atom stereocenters. The Kier molecular flexibility index (Phi) is 5.46. The van der Waals surface area contributed by atoms with Crippen LogP contribution in [0.1, 0.15) is 16.8 Å². The number of ether oxygens (including phenoxy) is 2. The summed E-state index contributed by atoms with van der Waals surface area (Å²) in [5.74, 6) is 1.65. The summed E-state index contributed by atoms with van der Waals surface area (Å²) in [6.45, 7) is 0.715. The van der Waals surface area contributed by atoms with Gasteiger partial charge in [0.1, 0.15) is 5.75 Å². The first-order valence-corrected chi connectivity index (χ1v) is 8.06. The minimum Gasteiger partial charge on any atom is -0.497 e. The number of hydrogen-bond acceptors (Lipinski definition) is 4. The van der Waals surface area contributed by atoms with Gasteiger partial charge in [-0.3, -0.25) is 0 Å². The van der Waals surface area contributed by atoms with Crippen LogP contribution in [0.25, 0.3) is 0 Å². The zero-order valence-electron chi connectivity index (χ0n) is 14.4. The number of methoxy groups -OCH3 is 2. The third kappa shape index (κ3) is 4.26. The highest BCUT2D eigenvalue weighted by Crippen LogP contribution is 2.23. The van der Waals surface area contributed by atoms with Crippen molar-refractivity contribution in [3.05, 3.63) is 77.7 Å². The van der Waals surface area contributed by atoms with Gasteiger partial charge >= 0.3 is 0 Å². The van der Waals surface area contributed by atoms with Gasteiger partial charge < -0.3 is 14.0 Å². The molecule has 3 aromatic rings. The lowest BCUT2D eigenvalue weighted by molar-refractivity contribution is 0.414. The largest absolute Gasteiger partial charge is 0.497 e. The Morgan fingerprint density at radius 1 is 1.00 bits per heavy atom. The Labute approximate surface area is 147 Å². The predicted molar refractivity (Wildman–Crippen MR) is 98.7 cm³/mol. The molecule has 0 fully saturated rings. The average molecular weight is 335 g/mol. The maximum atomic E-state index is 5.21. The van der Waals surface area contributed by atoms with E-state index in [1.165, 1.54) is 12.0 Å². The summed E-state index contributed by atoms with van der Waals surface area (Å²) in [4.78, 5) is 9.00. The molecular formula is C20H21N3O2. The average Bonchev–Trinajstić information content (AvgIpc) is 3.02. The molecule has 128 valence electrons. The van der Waals surface area contributed by atoms with E-state index in [0.29, 0.717) is 13.0 Å². The first-order valence-electron chi connectivity index (χ1n) is 8.06. The van der Waals surface area contributed by atoms with Crippen molar-refractivity contribution in [2.45, 2.75) is 13.0 Å². The van der Waals surface area contributed by atoms with Crippen LogP contribution in [0.15, 0.2) is 65.9 Å². The summed E-state index contributed by atoms with van der Waals surface area (Å²) < 4.78 is 12.2. The Hall–Kier alpha value is -3.08. The molecule has 0 amide bonds. The van der Waals surface area contributed by atoms with Gasteiger partial charge in [-0.1, -0.05) is 42.5 Å². The number of aromatic nitrogens is 2. The van der Waals surface area contributed by atoms with E-state index >= 15 is 0 Å². The minimum atomic E-state index is 0.697. The third-order valence-corrected chi connectivity index (χ3v) is 3.89. The Morgan fingerprint density at radius 3 is 2.44 bits per heavy atom. The van der Waals surface area contributed by atoms with Gasteiger partial charge in [0, 0.05) is 6.42 Å². The summed E-state index contributed by atoms with van der Waals surface area (Å²) in [5.41, 5.74) is 3.26. The molecule has 2 aromatic carbocycles. The molecule has 5 heteroatoms. The van der Waals surface area contributed by atoms with Crippen molar-refractivity contribution in [1.29, 1.82) is 0 Å². The smallest absolute Gasteiger partial charge is 0.175 e. The fraction of sp³-hybridized carbons (Fsp3) is 0.200. The maximum absolute atomic E-state index is 5.21. The molecule has 1 heterocycles.